The van der Waals surface area contributed by atoms with E-state index in [9.17, 15) is 4.79 Å². The molecule has 2 rings (SSSR count). The molecule has 0 aromatic carbocycles. The molecule has 0 spiro atoms. The lowest BCUT2D eigenvalue weighted by molar-refractivity contribution is -0.119. The van der Waals surface area contributed by atoms with E-state index < -0.39 is 0 Å². The average Bonchev–Trinajstić information content (AvgIpc) is 2.22. The van der Waals surface area contributed by atoms with Crippen LogP contribution >= 0.6 is 11.6 Å². The van der Waals surface area contributed by atoms with Gasteiger partial charge in [-0.15, -0.1) is 0 Å². The lowest BCUT2D eigenvalue weighted by atomic mass is 9.93. The number of aromatic nitrogens is 1. The van der Waals surface area contributed by atoms with Crippen LogP contribution in [0.1, 0.15) is 18.1 Å². The van der Waals surface area contributed by atoms with Crippen molar-refractivity contribution in [2.75, 3.05) is 11.1 Å². The minimum Gasteiger partial charge on any atom is -0.383 e. The molecule has 1 atom stereocenters. The first-order valence-electron chi connectivity index (χ1n) is 4.73. The van der Waals surface area contributed by atoms with Gasteiger partial charge in [0.2, 0.25) is 5.91 Å². The number of nitrogen functional groups attached to an aromatic ring is 1. The highest BCUT2D eigenvalue weighted by molar-refractivity contribution is 6.31. The van der Waals surface area contributed by atoms with Crippen LogP contribution in [0.25, 0.3) is 0 Å². The molecule has 0 saturated carbocycles. The molecule has 0 aliphatic carbocycles. The van der Waals surface area contributed by atoms with Gasteiger partial charge in [-0.05, 0) is 6.42 Å². The Morgan fingerprint density at radius 1 is 1.69 bits per heavy atom. The predicted octanol–water partition coefficient (Wildman–Crippen LogP) is 1.32. The number of halogens is 1. The number of nitrogens with one attached hydrogen (secondary N) is 1. The third-order valence-electron chi connectivity index (χ3n) is 2.60. The van der Waals surface area contributed by atoms with Crippen molar-refractivity contribution in [3.63, 3.8) is 0 Å². The zero-order valence-electron chi connectivity index (χ0n) is 8.54. The van der Waals surface area contributed by atoms with E-state index in [0.717, 1.165) is 0 Å². The second-order valence-electron chi connectivity index (χ2n) is 3.72. The first kappa shape index (κ1) is 10.7. The number of carbonyl (C=O) groups excluding carboxylic acids is 1. The van der Waals surface area contributed by atoms with Gasteiger partial charge >= 0.3 is 0 Å². The number of nitriles is 1. The van der Waals surface area contributed by atoms with Crippen LogP contribution < -0.4 is 11.1 Å². The summed E-state index contributed by atoms with van der Waals surface area (Å²) >= 11 is 5.79. The van der Waals surface area contributed by atoms with Gasteiger partial charge in [0.25, 0.3) is 0 Å². The quantitative estimate of drug-likeness (QED) is 0.665. The molecular formula is C10H9ClN4O. The van der Waals surface area contributed by atoms with Crippen LogP contribution in [0.4, 0.5) is 11.5 Å². The van der Waals surface area contributed by atoms with Crippen LogP contribution in [0.2, 0.25) is 5.15 Å². The Balaban J connectivity index is 2.68. The highest BCUT2D eigenvalue weighted by atomic mass is 35.5. The molecular weight excluding hydrogens is 228 g/mol. The molecule has 0 saturated heterocycles. The molecule has 0 bridgehead atoms. The van der Waals surface area contributed by atoms with E-state index in [-0.39, 0.29) is 28.4 Å². The Labute approximate surface area is 97.2 Å². The van der Waals surface area contributed by atoms with Crippen molar-refractivity contribution in [2.45, 2.75) is 13.3 Å². The number of pyridine rings is 1. The summed E-state index contributed by atoms with van der Waals surface area (Å²) < 4.78 is 0. The predicted molar refractivity (Wildman–Crippen MR) is 59.9 cm³/mol. The van der Waals surface area contributed by atoms with Crippen LogP contribution in [0, 0.1) is 17.2 Å². The van der Waals surface area contributed by atoms with Crippen molar-refractivity contribution >= 4 is 29.0 Å². The van der Waals surface area contributed by atoms with Gasteiger partial charge in [-0.3, -0.25) is 4.79 Å². The minimum absolute atomic E-state index is 0.0219. The van der Waals surface area contributed by atoms with Gasteiger partial charge in [-0.1, -0.05) is 18.5 Å². The molecule has 1 aromatic heterocycles. The molecule has 6 heteroatoms. The Kier molecular flexibility index (Phi) is 2.44. The van der Waals surface area contributed by atoms with Crippen LogP contribution in [0.15, 0.2) is 0 Å². The lowest BCUT2D eigenvalue weighted by Crippen LogP contribution is -2.29. The number of hydrogen-bond donors (Lipinski definition) is 2. The maximum Gasteiger partial charge on any atom is 0.227 e. The Morgan fingerprint density at radius 2 is 2.38 bits per heavy atom. The van der Waals surface area contributed by atoms with Crippen LogP contribution in [-0.2, 0) is 11.2 Å². The van der Waals surface area contributed by atoms with Crippen molar-refractivity contribution in [1.82, 2.24) is 4.98 Å². The fraction of sp³-hybridized carbons (Fsp3) is 0.300. The van der Waals surface area contributed by atoms with Crippen molar-refractivity contribution in [1.29, 1.82) is 5.26 Å². The Hall–Kier alpha value is -1.80. The van der Waals surface area contributed by atoms with E-state index in [2.05, 4.69) is 10.3 Å². The Morgan fingerprint density at radius 3 is 3.00 bits per heavy atom. The van der Waals surface area contributed by atoms with Crippen molar-refractivity contribution in [3.05, 3.63) is 16.3 Å². The van der Waals surface area contributed by atoms with E-state index in [0.29, 0.717) is 17.7 Å². The number of anilines is 2. The third-order valence-corrected chi connectivity index (χ3v) is 2.88. The van der Waals surface area contributed by atoms with Crippen molar-refractivity contribution in [2.24, 2.45) is 5.92 Å². The number of amides is 1. The van der Waals surface area contributed by atoms with E-state index >= 15 is 0 Å². The lowest BCUT2D eigenvalue weighted by Gasteiger charge is -2.23. The molecule has 0 radical (unpaired) electrons. The van der Waals surface area contributed by atoms with Gasteiger partial charge < -0.3 is 11.1 Å². The zero-order chi connectivity index (χ0) is 11.9. The molecule has 1 aliphatic rings. The van der Waals surface area contributed by atoms with Crippen LogP contribution in [-0.4, -0.2) is 10.9 Å². The summed E-state index contributed by atoms with van der Waals surface area (Å²) in [7, 11) is 0. The molecule has 16 heavy (non-hydrogen) atoms. The minimum atomic E-state index is -0.177. The summed E-state index contributed by atoms with van der Waals surface area (Å²) in [5.41, 5.74) is 6.98. The highest BCUT2D eigenvalue weighted by Gasteiger charge is 2.28. The molecule has 82 valence electrons. The first-order valence-corrected chi connectivity index (χ1v) is 5.11. The summed E-state index contributed by atoms with van der Waals surface area (Å²) in [6.07, 6.45) is 0.478. The number of nitrogens with two attached hydrogens (primary N) is 1. The average molecular weight is 237 g/mol. The van der Waals surface area contributed by atoms with E-state index in [1.807, 2.05) is 6.07 Å². The molecule has 1 aromatic rings. The maximum atomic E-state index is 11.5. The molecule has 3 N–H and O–H groups in total. The van der Waals surface area contributed by atoms with Crippen LogP contribution in [0.3, 0.4) is 0 Å². The molecule has 1 unspecified atom stereocenters. The summed E-state index contributed by atoms with van der Waals surface area (Å²) in [6.45, 7) is 1.79. The zero-order valence-corrected chi connectivity index (χ0v) is 9.30. The van der Waals surface area contributed by atoms with Gasteiger partial charge in [0.05, 0.1) is 5.69 Å². The SMILES string of the molecule is CC1Cc2c(N)nc(Cl)c(C#N)c2NC1=O. The van der Waals surface area contributed by atoms with Gasteiger partial charge in [0.15, 0.2) is 5.15 Å². The number of nitrogens with zero attached hydrogens (tertiary/aromatic N) is 2. The van der Waals surface area contributed by atoms with Crippen molar-refractivity contribution < 1.29 is 4.79 Å². The molecule has 1 aliphatic heterocycles. The molecule has 1 amide bonds. The molecule has 2 heterocycles. The second-order valence-corrected chi connectivity index (χ2v) is 4.08. The largest absolute Gasteiger partial charge is 0.383 e. The summed E-state index contributed by atoms with van der Waals surface area (Å²) in [4.78, 5) is 15.4. The number of rotatable bonds is 0. The van der Waals surface area contributed by atoms with E-state index in [1.165, 1.54) is 0 Å². The van der Waals surface area contributed by atoms with Crippen molar-refractivity contribution in [3.8, 4) is 6.07 Å². The standard InChI is InChI=1S/C10H9ClN4O/c1-4-2-5-7(14-10(4)16)6(3-12)8(11)15-9(5)13/h4H,2H2,1H3,(H2,13,15)(H,14,16). The van der Waals surface area contributed by atoms with E-state index in [1.54, 1.807) is 6.92 Å². The topological polar surface area (TPSA) is 91.8 Å². The number of carbonyl (C=O) groups is 1. The summed E-state index contributed by atoms with van der Waals surface area (Å²) in [6, 6.07) is 1.92. The smallest absolute Gasteiger partial charge is 0.227 e. The monoisotopic (exact) mass is 236 g/mol. The summed E-state index contributed by atoms with van der Waals surface area (Å²) in [5, 5.41) is 11.6. The number of fused-ring (bicyclic) bond motifs is 1. The summed E-state index contributed by atoms with van der Waals surface area (Å²) in [5.74, 6) is -0.0409. The Bertz CT molecular complexity index is 521. The second kappa shape index (κ2) is 3.65. The van der Waals surface area contributed by atoms with Gasteiger partial charge in [0, 0.05) is 11.5 Å². The number of hydrogen-bond acceptors (Lipinski definition) is 4. The van der Waals surface area contributed by atoms with Gasteiger partial charge in [-0.25, -0.2) is 4.98 Å². The highest BCUT2D eigenvalue weighted by Crippen LogP contribution is 2.34. The molecule has 0 fully saturated rings. The fourth-order valence-electron chi connectivity index (χ4n) is 1.70. The van der Waals surface area contributed by atoms with Gasteiger partial charge in [0.1, 0.15) is 17.5 Å². The maximum absolute atomic E-state index is 11.5. The third kappa shape index (κ3) is 1.48. The molecule has 5 nitrogen and oxygen atoms in total. The van der Waals surface area contributed by atoms with Gasteiger partial charge in [-0.2, -0.15) is 5.26 Å². The van der Waals surface area contributed by atoms with E-state index in [4.69, 9.17) is 22.6 Å². The fourth-order valence-corrected chi connectivity index (χ4v) is 1.93. The first-order chi connectivity index (χ1) is 7.54. The van der Waals surface area contributed by atoms with Crippen LogP contribution in [0.5, 0.6) is 0 Å². The normalized spacial score (nSPS) is 18.6.